The van der Waals surface area contributed by atoms with Crippen molar-refractivity contribution in [3.05, 3.63) is 30.0 Å². The van der Waals surface area contributed by atoms with Crippen molar-refractivity contribution in [1.82, 2.24) is 14.2 Å². The van der Waals surface area contributed by atoms with E-state index >= 15 is 0 Å². The molecule has 148 valence electrons. The topological polar surface area (TPSA) is 73.5 Å². The Labute approximate surface area is 161 Å². The highest BCUT2D eigenvalue weighted by Gasteiger charge is 2.31. The van der Waals surface area contributed by atoms with Gasteiger partial charge < -0.3 is 9.88 Å². The van der Waals surface area contributed by atoms with Crippen molar-refractivity contribution in [2.45, 2.75) is 39.0 Å². The van der Waals surface area contributed by atoms with E-state index in [1.807, 2.05) is 13.8 Å². The molecule has 1 aliphatic heterocycles. The molecule has 1 saturated heterocycles. The van der Waals surface area contributed by atoms with E-state index in [-0.39, 0.29) is 10.8 Å². The summed E-state index contributed by atoms with van der Waals surface area (Å²) < 4.78 is 27.8. The maximum atomic E-state index is 13.1. The van der Waals surface area contributed by atoms with Gasteiger partial charge in [-0.15, -0.1) is 0 Å². The summed E-state index contributed by atoms with van der Waals surface area (Å²) >= 11 is 0. The highest BCUT2D eigenvalue weighted by atomic mass is 32.2. The third-order valence-corrected chi connectivity index (χ3v) is 7.17. The smallest absolute Gasteiger partial charge is 0.270 e. The Balaban J connectivity index is 1.93. The van der Waals surface area contributed by atoms with Crippen LogP contribution in [-0.2, 0) is 10.0 Å². The summed E-state index contributed by atoms with van der Waals surface area (Å²) in [5.41, 5.74) is 1.26. The fourth-order valence-electron chi connectivity index (χ4n) is 4.02. The van der Waals surface area contributed by atoms with Crippen molar-refractivity contribution in [3.8, 4) is 0 Å². The highest BCUT2D eigenvalue weighted by molar-refractivity contribution is 7.89. The Hall–Kier alpha value is -1.86. The fourth-order valence-corrected chi connectivity index (χ4v) is 5.73. The van der Waals surface area contributed by atoms with Gasteiger partial charge in [-0.05, 0) is 56.4 Å². The molecule has 0 aliphatic carbocycles. The van der Waals surface area contributed by atoms with Crippen molar-refractivity contribution >= 4 is 26.8 Å². The molecular weight excluding hydrogens is 362 g/mol. The quantitative estimate of drug-likeness (QED) is 0.850. The predicted octanol–water partition coefficient (Wildman–Crippen LogP) is 3.32. The van der Waals surface area contributed by atoms with Crippen LogP contribution in [0.25, 0.3) is 10.9 Å². The molecule has 0 bridgehead atoms. The number of nitrogens with one attached hydrogen (secondary N) is 1. The summed E-state index contributed by atoms with van der Waals surface area (Å²) in [4.78, 5) is 17.7. The SMILES string of the molecule is CCN(CC)C(=O)c1cc2cc(S(=O)(=O)N3CC(C)CC(C)C3)ccc2[nH]1. The third-order valence-electron chi connectivity index (χ3n) is 5.35. The maximum absolute atomic E-state index is 13.1. The number of H-pyrrole nitrogens is 1. The van der Waals surface area contributed by atoms with Crippen LogP contribution in [0.2, 0.25) is 0 Å². The van der Waals surface area contributed by atoms with E-state index in [2.05, 4.69) is 18.8 Å². The van der Waals surface area contributed by atoms with Gasteiger partial charge in [0.05, 0.1) is 4.90 Å². The lowest BCUT2D eigenvalue weighted by Crippen LogP contribution is -2.42. The van der Waals surface area contributed by atoms with E-state index < -0.39 is 10.0 Å². The Morgan fingerprint density at radius 3 is 2.37 bits per heavy atom. The van der Waals surface area contributed by atoms with E-state index in [0.717, 1.165) is 17.3 Å². The standard InChI is InChI=1S/C20H29N3O3S/c1-5-22(6-2)20(24)19-11-16-10-17(7-8-18(16)21-19)27(25,26)23-12-14(3)9-15(4)13-23/h7-8,10-11,14-15,21H,5-6,9,12-13H2,1-4H3. The van der Waals surface area contributed by atoms with E-state index in [1.165, 1.54) is 0 Å². The van der Waals surface area contributed by atoms with E-state index in [0.29, 0.717) is 43.7 Å². The molecule has 1 aliphatic rings. The lowest BCUT2D eigenvalue weighted by molar-refractivity contribution is 0.0768. The second-order valence-corrected chi connectivity index (χ2v) is 9.62. The molecule has 1 amide bonds. The van der Waals surface area contributed by atoms with Crippen LogP contribution in [0.3, 0.4) is 0 Å². The van der Waals surface area contributed by atoms with Crippen LogP contribution < -0.4 is 0 Å². The molecule has 1 N–H and O–H groups in total. The maximum Gasteiger partial charge on any atom is 0.270 e. The van der Waals surface area contributed by atoms with Crippen LogP contribution in [0.5, 0.6) is 0 Å². The van der Waals surface area contributed by atoms with E-state index in [4.69, 9.17) is 0 Å². The summed E-state index contributed by atoms with van der Waals surface area (Å²) in [7, 11) is -3.53. The number of rotatable bonds is 5. The zero-order valence-electron chi connectivity index (χ0n) is 16.5. The molecule has 1 aromatic carbocycles. The third kappa shape index (κ3) is 3.89. The Morgan fingerprint density at radius 2 is 1.78 bits per heavy atom. The van der Waals surface area contributed by atoms with Gasteiger partial charge in [-0.2, -0.15) is 4.31 Å². The van der Waals surface area contributed by atoms with Crippen molar-refractivity contribution in [2.24, 2.45) is 11.8 Å². The molecule has 2 unspecified atom stereocenters. The van der Waals surface area contributed by atoms with Gasteiger partial charge >= 0.3 is 0 Å². The van der Waals surface area contributed by atoms with Crippen molar-refractivity contribution in [3.63, 3.8) is 0 Å². The zero-order chi connectivity index (χ0) is 19.8. The number of nitrogens with zero attached hydrogens (tertiary/aromatic N) is 2. The first-order valence-electron chi connectivity index (χ1n) is 9.68. The normalized spacial score (nSPS) is 21.5. The van der Waals surface area contributed by atoms with Crippen LogP contribution in [-0.4, -0.2) is 54.7 Å². The average molecular weight is 392 g/mol. The Bertz CT molecular complexity index is 921. The molecule has 2 heterocycles. The van der Waals surface area contributed by atoms with Crippen molar-refractivity contribution < 1.29 is 13.2 Å². The number of amides is 1. The van der Waals surface area contributed by atoms with Gasteiger partial charge in [-0.25, -0.2) is 8.42 Å². The summed E-state index contributed by atoms with van der Waals surface area (Å²) in [6.45, 7) is 10.5. The monoisotopic (exact) mass is 391 g/mol. The molecule has 1 fully saturated rings. The van der Waals surface area contributed by atoms with Crippen LogP contribution in [0, 0.1) is 11.8 Å². The van der Waals surface area contributed by atoms with Crippen LogP contribution in [0.4, 0.5) is 0 Å². The van der Waals surface area contributed by atoms with Gasteiger partial charge in [0.1, 0.15) is 5.69 Å². The minimum absolute atomic E-state index is 0.0701. The number of hydrogen-bond acceptors (Lipinski definition) is 3. The van der Waals surface area contributed by atoms with Gasteiger partial charge in [0.25, 0.3) is 5.91 Å². The summed E-state index contributed by atoms with van der Waals surface area (Å²) in [5, 5.41) is 0.740. The predicted molar refractivity (Wildman–Crippen MR) is 107 cm³/mol. The summed E-state index contributed by atoms with van der Waals surface area (Å²) in [5.74, 6) is 0.648. The molecular formula is C20H29N3O3S. The van der Waals surface area contributed by atoms with Crippen molar-refractivity contribution in [2.75, 3.05) is 26.2 Å². The summed E-state index contributed by atoms with van der Waals surface area (Å²) in [6.07, 6.45) is 1.06. The van der Waals surface area contributed by atoms with Gasteiger partial charge in [0.15, 0.2) is 0 Å². The molecule has 2 aromatic rings. The van der Waals surface area contributed by atoms with Gasteiger partial charge in [0, 0.05) is 37.1 Å². The van der Waals surface area contributed by atoms with Gasteiger partial charge in [0.2, 0.25) is 10.0 Å². The minimum Gasteiger partial charge on any atom is -0.351 e. The van der Waals surface area contributed by atoms with Gasteiger partial charge in [-0.3, -0.25) is 4.79 Å². The highest BCUT2D eigenvalue weighted by Crippen LogP contribution is 2.28. The second-order valence-electron chi connectivity index (χ2n) is 7.68. The van der Waals surface area contributed by atoms with Crippen LogP contribution in [0.1, 0.15) is 44.6 Å². The van der Waals surface area contributed by atoms with E-state index in [1.54, 1.807) is 33.5 Å². The second kappa shape index (κ2) is 7.64. The number of carbonyl (C=O) groups excluding carboxylic acids is 1. The number of piperidine rings is 1. The zero-order valence-corrected chi connectivity index (χ0v) is 17.3. The molecule has 6 nitrogen and oxygen atoms in total. The first-order chi connectivity index (χ1) is 12.8. The molecule has 0 saturated carbocycles. The average Bonchev–Trinajstić information content (AvgIpc) is 3.05. The minimum atomic E-state index is -3.53. The molecule has 2 atom stereocenters. The largest absolute Gasteiger partial charge is 0.351 e. The van der Waals surface area contributed by atoms with Gasteiger partial charge in [-0.1, -0.05) is 13.8 Å². The number of aromatic nitrogens is 1. The molecule has 7 heteroatoms. The number of aromatic amines is 1. The number of carbonyl (C=O) groups is 1. The Kier molecular flexibility index (Phi) is 5.63. The van der Waals surface area contributed by atoms with Crippen molar-refractivity contribution in [1.29, 1.82) is 0 Å². The molecule has 0 spiro atoms. The number of fused-ring (bicyclic) bond motifs is 1. The van der Waals surface area contributed by atoms with Crippen LogP contribution in [0.15, 0.2) is 29.2 Å². The summed E-state index contributed by atoms with van der Waals surface area (Å²) in [6, 6.07) is 6.79. The Morgan fingerprint density at radius 1 is 1.15 bits per heavy atom. The van der Waals surface area contributed by atoms with E-state index in [9.17, 15) is 13.2 Å². The number of hydrogen-bond donors (Lipinski definition) is 1. The molecule has 1 aromatic heterocycles. The number of benzene rings is 1. The molecule has 27 heavy (non-hydrogen) atoms. The number of sulfonamides is 1. The molecule has 0 radical (unpaired) electrons. The fraction of sp³-hybridized carbons (Fsp3) is 0.550. The lowest BCUT2D eigenvalue weighted by atomic mass is 9.94. The molecule has 3 rings (SSSR count). The first kappa shape index (κ1) is 19.9. The first-order valence-corrected chi connectivity index (χ1v) is 11.1. The van der Waals surface area contributed by atoms with Crippen LogP contribution >= 0.6 is 0 Å². The lowest BCUT2D eigenvalue weighted by Gasteiger charge is -2.34.